The number of anilines is 1. The molecule has 0 radical (unpaired) electrons. The molecule has 1 saturated heterocycles. The molecule has 0 aromatic heterocycles. The number of nitrogens with one attached hydrogen (secondary N) is 1. The average Bonchev–Trinajstić information content (AvgIpc) is 2.73. The van der Waals surface area contributed by atoms with E-state index in [-0.39, 0.29) is 5.91 Å². The maximum absolute atomic E-state index is 12.2. The zero-order valence-corrected chi connectivity index (χ0v) is 17.3. The van der Waals surface area contributed by atoms with Crippen molar-refractivity contribution in [2.45, 2.75) is 52.1 Å². The predicted molar refractivity (Wildman–Crippen MR) is 116 cm³/mol. The van der Waals surface area contributed by atoms with E-state index in [1.54, 1.807) is 13.8 Å². The van der Waals surface area contributed by atoms with Crippen LogP contribution in [0.3, 0.4) is 0 Å². The Hall–Kier alpha value is -2.49. The lowest BCUT2D eigenvalue weighted by Gasteiger charge is -2.28. The number of hydrogen-bond donors (Lipinski definition) is 1. The van der Waals surface area contributed by atoms with Crippen molar-refractivity contribution in [2.24, 2.45) is 0 Å². The van der Waals surface area contributed by atoms with Gasteiger partial charge in [-0.15, -0.1) is 0 Å². The van der Waals surface area contributed by atoms with Crippen LogP contribution < -0.4 is 15.0 Å². The third-order valence-electron chi connectivity index (χ3n) is 5.23. The monoisotopic (exact) mass is 380 g/mol. The first-order valence-electron chi connectivity index (χ1n) is 10.4. The molecule has 1 heterocycles. The van der Waals surface area contributed by atoms with Crippen molar-refractivity contribution in [3.8, 4) is 16.9 Å². The number of hydrogen-bond acceptors (Lipinski definition) is 3. The minimum atomic E-state index is -0.896. The van der Waals surface area contributed by atoms with Crippen molar-refractivity contribution in [3.05, 3.63) is 48.5 Å². The molecule has 0 saturated carbocycles. The van der Waals surface area contributed by atoms with Crippen molar-refractivity contribution in [1.82, 2.24) is 5.32 Å². The quantitative estimate of drug-likeness (QED) is 0.733. The largest absolute Gasteiger partial charge is 0.478 e. The van der Waals surface area contributed by atoms with E-state index in [4.69, 9.17) is 4.74 Å². The summed E-state index contributed by atoms with van der Waals surface area (Å²) in [4.78, 5) is 14.7. The van der Waals surface area contributed by atoms with E-state index in [9.17, 15) is 4.79 Å². The summed E-state index contributed by atoms with van der Waals surface area (Å²) in [5.74, 6) is 0.608. The predicted octanol–water partition coefficient (Wildman–Crippen LogP) is 5.03. The van der Waals surface area contributed by atoms with Gasteiger partial charge in [0.15, 0.2) is 5.60 Å². The lowest BCUT2D eigenvalue weighted by molar-refractivity contribution is -0.134. The molecule has 0 aliphatic carbocycles. The summed E-state index contributed by atoms with van der Waals surface area (Å²) < 4.78 is 5.93. The molecule has 0 atom stereocenters. The maximum Gasteiger partial charge on any atom is 0.263 e. The van der Waals surface area contributed by atoms with Gasteiger partial charge in [-0.25, -0.2) is 0 Å². The SMILES string of the molecule is CCCNC(=O)C(C)(C)Oc1ccc(-c2ccc(N3CCCCC3)cc2)cc1. The van der Waals surface area contributed by atoms with Gasteiger partial charge in [0, 0.05) is 25.3 Å². The van der Waals surface area contributed by atoms with E-state index < -0.39 is 5.60 Å². The van der Waals surface area contributed by atoms with E-state index >= 15 is 0 Å². The molecule has 2 aromatic rings. The lowest BCUT2D eigenvalue weighted by Crippen LogP contribution is -2.46. The minimum Gasteiger partial charge on any atom is -0.478 e. The number of amides is 1. The third kappa shape index (κ3) is 5.06. The summed E-state index contributed by atoms with van der Waals surface area (Å²) in [6, 6.07) is 16.8. The second-order valence-corrected chi connectivity index (χ2v) is 7.99. The summed E-state index contributed by atoms with van der Waals surface area (Å²) in [7, 11) is 0. The van der Waals surface area contributed by atoms with Crippen LogP contribution in [0.4, 0.5) is 5.69 Å². The van der Waals surface area contributed by atoms with Gasteiger partial charge in [-0.05, 0) is 74.9 Å². The number of benzene rings is 2. The molecule has 3 rings (SSSR count). The van der Waals surface area contributed by atoms with Crippen molar-refractivity contribution in [2.75, 3.05) is 24.5 Å². The van der Waals surface area contributed by atoms with Crippen LogP contribution in [0.2, 0.25) is 0 Å². The summed E-state index contributed by atoms with van der Waals surface area (Å²) in [6.07, 6.45) is 4.83. The molecule has 28 heavy (non-hydrogen) atoms. The number of piperidine rings is 1. The molecule has 1 aliphatic heterocycles. The Morgan fingerprint density at radius 3 is 2.11 bits per heavy atom. The fourth-order valence-corrected chi connectivity index (χ4v) is 3.52. The van der Waals surface area contributed by atoms with E-state index in [1.807, 2.05) is 31.2 Å². The second kappa shape index (κ2) is 9.13. The van der Waals surface area contributed by atoms with Gasteiger partial charge in [-0.3, -0.25) is 4.79 Å². The first kappa shape index (κ1) is 20.2. The Labute approximate surface area is 168 Å². The van der Waals surface area contributed by atoms with Gasteiger partial charge in [-0.2, -0.15) is 0 Å². The lowest BCUT2D eigenvalue weighted by atomic mass is 10.0. The number of rotatable bonds is 7. The van der Waals surface area contributed by atoms with Crippen LogP contribution >= 0.6 is 0 Å². The average molecular weight is 381 g/mol. The van der Waals surface area contributed by atoms with Gasteiger partial charge in [0.1, 0.15) is 5.75 Å². The fraction of sp³-hybridized carbons (Fsp3) is 0.458. The molecule has 0 unspecified atom stereocenters. The van der Waals surface area contributed by atoms with Crippen molar-refractivity contribution < 1.29 is 9.53 Å². The van der Waals surface area contributed by atoms with Gasteiger partial charge in [-0.1, -0.05) is 31.2 Å². The van der Waals surface area contributed by atoms with Crippen molar-refractivity contribution in [3.63, 3.8) is 0 Å². The van der Waals surface area contributed by atoms with E-state index in [0.29, 0.717) is 12.3 Å². The Morgan fingerprint density at radius 1 is 0.964 bits per heavy atom. The van der Waals surface area contributed by atoms with Crippen LogP contribution in [-0.4, -0.2) is 31.1 Å². The Morgan fingerprint density at radius 2 is 1.54 bits per heavy atom. The minimum absolute atomic E-state index is 0.0910. The molecule has 0 bridgehead atoms. The summed E-state index contributed by atoms with van der Waals surface area (Å²) in [6.45, 7) is 8.61. The molecular weight excluding hydrogens is 348 g/mol. The van der Waals surface area contributed by atoms with Crippen LogP contribution in [0, 0.1) is 0 Å². The van der Waals surface area contributed by atoms with Crippen LogP contribution in [0.15, 0.2) is 48.5 Å². The number of ether oxygens (including phenoxy) is 1. The van der Waals surface area contributed by atoms with Crippen LogP contribution in [0.25, 0.3) is 11.1 Å². The molecule has 150 valence electrons. The van der Waals surface area contributed by atoms with Gasteiger partial charge in [0.25, 0.3) is 5.91 Å². The zero-order chi connectivity index (χ0) is 20.0. The van der Waals surface area contributed by atoms with E-state index in [2.05, 4.69) is 34.5 Å². The molecule has 1 amide bonds. The number of carbonyl (C=O) groups is 1. The summed E-state index contributed by atoms with van der Waals surface area (Å²) >= 11 is 0. The molecular formula is C24H32N2O2. The topological polar surface area (TPSA) is 41.6 Å². The summed E-state index contributed by atoms with van der Waals surface area (Å²) in [5, 5.41) is 2.89. The second-order valence-electron chi connectivity index (χ2n) is 7.99. The first-order chi connectivity index (χ1) is 13.5. The Kier molecular flexibility index (Phi) is 6.61. The number of carbonyl (C=O) groups excluding carboxylic acids is 1. The highest BCUT2D eigenvalue weighted by Crippen LogP contribution is 2.27. The van der Waals surface area contributed by atoms with Crippen LogP contribution in [-0.2, 0) is 4.79 Å². The van der Waals surface area contributed by atoms with Gasteiger partial charge < -0.3 is 15.0 Å². The van der Waals surface area contributed by atoms with Crippen LogP contribution in [0.1, 0.15) is 46.5 Å². The highest BCUT2D eigenvalue weighted by Gasteiger charge is 2.29. The molecule has 1 N–H and O–H groups in total. The zero-order valence-electron chi connectivity index (χ0n) is 17.3. The van der Waals surface area contributed by atoms with Gasteiger partial charge in [0.05, 0.1) is 0 Å². The highest BCUT2D eigenvalue weighted by atomic mass is 16.5. The highest BCUT2D eigenvalue weighted by molar-refractivity contribution is 5.84. The molecule has 0 spiro atoms. The third-order valence-corrected chi connectivity index (χ3v) is 5.23. The van der Waals surface area contributed by atoms with E-state index in [1.165, 1.54) is 30.5 Å². The molecule has 1 aliphatic rings. The first-order valence-corrected chi connectivity index (χ1v) is 10.4. The smallest absolute Gasteiger partial charge is 0.263 e. The Balaban J connectivity index is 1.64. The molecule has 2 aromatic carbocycles. The van der Waals surface area contributed by atoms with Crippen molar-refractivity contribution >= 4 is 11.6 Å². The standard InChI is InChI=1S/C24H32N2O2/c1-4-16-25-23(27)24(2,3)28-22-14-10-20(11-15-22)19-8-12-21(13-9-19)26-17-6-5-7-18-26/h8-15H,4-7,16-18H2,1-3H3,(H,25,27). The normalized spacial score (nSPS) is 14.6. The van der Waals surface area contributed by atoms with Gasteiger partial charge >= 0.3 is 0 Å². The maximum atomic E-state index is 12.2. The summed E-state index contributed by atoms with van der Waals surface area (Å²) in [5.41, 5.74) is 2.74. The molecule has 4 heteroatoms. The molecule has 4 nitrogen and oxygen atoms in total. The van der Waals surface area contributed by atoms with Gasteiger partial charge in [0.2, 0.25) is 0 Å². The Bertz CT molecular complexity index is 760. The fourth-order valence-electron chi connectivity index (χ4n) is 3.52. The van der Waals surface area contributed by atoms with E-state index in [0.717, 1.165) is 25.1 Å². The molecule has 1 fully saturated rings. The van der Waals surface area contributed by atoms with Crippen LogP contribution in [0.5, 0.6) is 5.75 Å². The number of nitrogens with zero attached hydrogens (tertiary/aromatic N) is 1. The van der Waals surface area contributed by atoms with Crippen molar-refractivity contribution in [1.29, 1.82) is 0 Å².